The van der Waals surface area contributed by atoms with Crippen molar-refractivity contribution in [3.63, 3.8) is 0 Å². The number of aliphatic hydroxyl groups excluding tert-OH is 1. The van der Waals surface area contributed by atoms with E-state index in [1.165, 1.54) is 0 Å². The third-order valence-corrected chi connectivity index (χ3v) is 2.85. The van der Waals surface area contributed by atoms with E-state index in [0.29, 0.717) is 11.3 Å². The van der Waals surface area contributed by atoms with Gasteiger partial charge >= 0.3 is 0 Å². The van der Waals surface area contributed by atoms with Crippen LogP contribution in [-0.4, -0.2) is 22.2 Å². The number of hydrogen-bond acceptors (Lipinski definition) is 4. The first-order valence-electron chi connectivity index (χ1n) is 5.73. The maximum atomic E-state index is 10.3. The lowest BCUT2D eigenvalue weighted by atomic mass is 10.0. The Hall–Kier alpha value is -1.94. The van der Waals surface area contributed by atoms with Gasteiger partial charge in [0, 0.05) is 28.7 Å². The fraction of sp³-hybridized carbons (Fsp3) is 0.286. The molecular weight excluding hydrogens is 228 g/mol. The highest BCUT2D eigenvalue weighted by molar-refractivity contribution is 5.34. The van der Waals surface area contributed by atoms with E-state index in [4.69, 9.17) is 4.74 Å². The lowest BCUT2D eigenvalue weighted by molar-refractivity contribution is 0.218. The van der Waals surface area contributed by atoms with Gasteiger partial charge in [-0.2, -0.15) is 0 Å². The Balaban J connectivity index is 2.37. The number of aromatic nitrogens is 2. The van der Waals surface area contributed by atoms with Gasteiger partial charge in [-0.05, 0) is 26.0 Å². The summed E-state index contributed by atoms with van der Waals surface area (Å²) in [6, 6.07) is 5.55. The van der Waals surface area contributed by atoms with Crippen molar-refractivity contribution >= 4 is 0 Å². The van der Waals surface area contributed by atoms with Crippen molar-refractivity contribution in [1.82, 2.24) is 9.97 Å². The molecule has 94 valence electrons. The molecule has 0 radical (unpaired) electrons. The summed E-state index contributed by atoms with van der Waals surface area (Å²) in [5, 5.41) is 10.3. The van der Waals surface area contributed by atoms with Crippen molar-refractivity contribution in [2.24, 2.45) is 0 Å². The smallest absolute Gasteiger partial charge is 0.137 e. The van der Waals surface area contributed by atoms with Crippen LogP contribution in [0.3, 0.4) is 0 Å². The first-order chi connectivity index (χ1) is 8.61. The molecule has 0 saturated carbocycles. The molecule has 0 amide bonds. The molecule has 4 nitrogen and oxygen atoms in total. The second-order valence-corrected chi connectivity index (χ2v) is 4.19. The molecular formula is C14H16N2O2. The summed E-state index contributed by atoms with van der Waals surface area (Å²) < 4.78 is 5.10. The molecule has 0 aliphatic rings. The summed E-state index contributed by atoms with van der Waals surface area (Å²) in [5.74, 6) is 0.629. The second kappa shape index (κ2) is 5.14. The van der Waals surface area contributed by atoms with Crippen LogP contribution in [0, 0.1) is 13.8 Å². The SMILES string of the molecule is COc1cncc(C(O)c2ccc(C)nc2C)c1. The van der Waals surface area contributed by atoms with E-state index in [1.54, 1.807) is 25.6 Å². The standard InChI is InChI=1S/C14H16N2O2/c1-9-4-5-13(10(2)16-9)14(17)11-6-12(18-3)8-15-7-11/h4-8,14,17H,1-3H3. The number of nitrogens with zero attached hydrogens (tertiary/aromatic N) is 2. The fourth-order valence-electron chi connectivity index (χ4n) is 1.86. The van der Waals surface area contributed by atoms with Gasteiger partial charge in [-0.15, -0.1) is 0 Å². The summed E-state index contributed by atoms with van der Waals surface area (Å²) in [6.45, 7) is 3.81. The van der Waals surface area contributed by atoms with Crippen LogP contribution in [0.4, 0.5) is 0 Å². The molecule has 0 spiro atoms. The Bertz CT molecular complexity index is 555. The molecule has 0 aliphatic heterocycles. The van der Waals surface area contributed by atoms with Gasteiger partial charge in [0.2, 0.25) is 0 Å². The third kappa shape index (κ3) is 2.49. The van der Waals surface area contributed by atoms with Gasteiger partial charge in [-0.3, -0.25) is 9.97 Å². The van der Waals surface area contributed by atoms with Gasteiger partial charge < -0.3 is 9.84 Å². The number of aryl methyl sites for hydroxylation is 2. The molecule has 2 aromatic heterocycles. The molecule has 0 fully saturated rings. The highest BCUT2D eigenvalue weighted by atomic mass is 16.5. The first-order valence-corrected chi connectivity index (χ1v) is 5.73. The molecule has 2 rings (SSSR count). The Morgan fingerprint density at radius 3 is 2.67 bits per heavy atom. The van der Waals surface area contributed by atoms with Crippen molar-refractivity contribution < 1.29 is 9.84 Å². The van der Waals surface area contributed by atoms with Gasteiger partial charge in [0.05, 0.1) is 13.3 Å². The van der Waals surface area contributed by atoms with Crippen LogP contribution in [0.2, 0.25) is 0 Å². The van der Waals surface area contributed by atoms with Crippen molar-refractivity contribution in [1.29, 1.82) is 0 Å². The molecule has 0 bridgehead atoms. The predicted molar refractivity (Wildman–Crippen MR) is 68.6 cm³/mol. The highest BCUT2D eigenvalue weighted by Gasteiger charge is 2.14. The highest BCUT2D eigenvalue weighted by Crippen LogP contribution is 2.25. The number of pyridine rings is 2. The zero-order chi connectivity index (χ0) is 13.1. The summed E-state index contributed by atoms with van der Waals surface area (Å²) in [5.41, 5.74) is 3.25. The third-order valence-electron chi connectivity index (χ3n) is 2.85. The van der Waals surface area contributed by atoms with Crippen molar-refractivity contribution in [2.45, 2.75) is 20.0 Å². The predicted octanol–water partition coefficient (Wildman–Crippen LogP) is 2.18. The summed E-state index contributed by atoms with van der Waals surface area (Å²) in [4.78, 5) is 8.39. The zero-order valence-corrected chi connectivity index (χ0v) is 10.7. The quantitative estimate of drug-likeness (QED) is 0.899. The van der Waals surface area contributed by atoms with Gasteiger partial charge in [-0.25, -0.2) is 0 Å². The Kier molecular flexibility index (Phi) is 3.58. The minimum absolute atomic E-state index is 0.629. The van der Waals surface area contributed by atoms with E-state index in [-0.39, 0.29) is 0 Å². The minimum Gasteiger partial charge on any atom is -0.495 e. The molecule has 4 heteroatoms. The number of ether oxygens (including phenoxy) is 1. The average Bonchev–Trinajstić information content (AvgIpc) is 2.38. The van der Waals surface area contributed by atoms with Gasteiger partial charge in [-0.1, -0.05) is 6.07 Å². The topological polar surface area (TPSA) is 55.2 Å². The molecule has 18 heavy (non-hydrogen) atoms. The maximum Gasteiger partial charge on any atom is 0.137 e. The maximum absolute atomic E-state index is 10.3. The summed E-state index contributed by atoms with van der Waals surface area (Å²) >= 11 is 0. The molecule has 1 atom stereocenters. The van der Waals surface area contributed by atoms with Crippen molar-refractivity contribution in [2.75, 3.05) is 7.11 Å². The Morgan fingerprint density at radius 1 is 1.22 bits per heavy atom. The second-order valence-electron chi connectivity index (χ2n) is 4.19. The van der Waals surface area contributed by atoms with E-state index in [2.05, 4.69) is 9.97 Å². The van der Waals surface area contributed by atoms with Crippen LogP contribution in [0.15, 0.2) is 30.6 Å². The molecule has 1 unspecified atom stereocenters. The number of methoxy groups -OCH3 is 1. The van der Waals surface area contributed by atoms with Crippen LogP contribution < -0.4 is 4.74 Å². The Morgan fingerprint density at radius 2 is 2.00 bits per heavy atom. The van der Waals surface area contributed by atoms with E-state index in [9.17, 15) is 5.11 Å². The van der Waals surface area contributed by atoms with E-state index in [0.717, 1.165) is 17.0 Å². The molecule has 1 N–H and O–H groups in total. The first kappa shape index (κ1) is 12.5. The van der Waals surface area contributed by atoms with Crippen LogP contribution in [0.1, 0.15) is 28.6 Å². The van der Waals surface area contributed by atoms with Gasteiger partial charge in [0.15, 0.2) is 0 Å². The van der Waals surface area contributed by atoms with Crippen molar-refractivity contribution in [3.05, 3.63) is 53.1 Å². The van der Waals surface area contributed by atoms with Crippen LogP contribution >= 0.6 is 0 Å². The zero-order valence-electron chi connectivity index (χ0n) is 10.7. The lowest BCUT2D eigenvalue weighted by Crippen LogP contribution is -2.05. The van der Waals surface area contributed by atoms with Gasteiger partial charge in [0.1, 0.15) is 11.9 Å². The number of hydrogen-bond donors (Lipinski definition) is 1. The molecule has 0 saturated heterocycles. The molecule has 2 aromatic rings. The van der Waals surface area contributed by atoms with E-state index >= 15 is 0 Å². The molecule has 2 heterocycles. The van der Waals surface area contributed by atoms with Crippen LogP contribution in [0.25, 0.3) is 0 Å². The van der Waals surface area contributed by atoms with E-state index < -0.39 is 6.10 Å². The molecule has 0 aliphatic carbocycles. The van der Waals surface area contributed by atoms with Crippen LogP contribution in [-0.2, 0) is 0 Å². The normalized spacial score (nSPS) is 12.2. The summed E-state index contributed by atoms with van der Waals surface area (Å²) in [6.07, 6.45) is 2.50. The summed E-state index contributed by atoms with van der Waals surface area (Å²) in [7, 11) is 1.58. The van der Waals surface area contributed by atoms with E-state index in [1.807, 2.05) is 26.0 Å². The molecule has 0 aromatic carbocycles. The Labute approximate surface area is 106 Å². The number of aliphatic hydroxyl groups is 1. The minimum atomic E-state index is -0.735. The fourth-order valence-corrected chi connectivity index (χ4v) is 1.86. The average molecular weight is 244 g/mol. The largest absolute Gasteiger partial charge is 0.495 e. The van der Waals surface area contributed by atoms with Gasteiger partial charge in [0.25, 0.3) is 0 Å². The number of rotatable bonds is 3. The monoisotopic (exact) mass is 244 g/mol. The lowest BCUT2D eigenvalue weighted by Gasteiger charge is -2.14. The van der Waals surface area contributed by atoms with Crippen LogP contribution in [0.5, 0.6) is 5.75 Å². The van der Waals surface area contributed by atoms with Crippen molar-refractivity contribution in [3.8, 4) is 5.75 Å².